The Morgan fingerprint density at radius 3 is 2.69 bits per heavy atom. The van der Waals surface area contributed by atoms with Crippen LogP contribution in [0.25, 0.3) is 16.6 Å². The molecule has 0 atom stereocenters. The van der Waals surface area contributed by atoms with Gasteiger partial charge in [0.15, 0.2) is 11.0 Å². The Morgan fingerprint density at radius 1 is 1.00 bits per heavy atom. The molecule has 2 heterocycles. The highest BCUT2D eigenvalue weighted by Crippen LogP contribution is 2.25. The van der Waals surface area contributed by atoms with E-state index in [2.05, 4.69) is 21.6 Å². The van der Waals surface area contributed by atoms with Gasteiger partial charge in [-0.2, -0.15) is 4.68 Å². The maximum absolute atomic E-state index is 13.3. The van der Waals surface area contributed by atoms with E-state index in [4.69, 9.17) is 4.98 Å². The van der Waals surface area contributed by atoms with Gasteiger partial charge in [-0.05, 0) is 66.8 Å². The van der Waals surface area contributed by atoms with Crippen molar-refractivity contribution in [3.8, 4) is 5.69 Å². The highest BCUT2D eigenvalue weighted by atomic mass is 32.2. The zero-order valence-corrected chi connectivity index (χ0v) is 18.5. The summed E-state index contributed by atoms with van der Waals surface area (Å²) in [7, 11) is 0. The van der Waals surface area contributed by atoms with Crippen LogP contribution in [0.4, 0.5) is 0 Å². The lowest BCUT2D eigenvalue weighted by atomic mass is 9.97. The van der Waals surface area contributed by atoms with E-state index in [0.29, 0.717) is 28.7 Å². The minimum absolute atomic E-state index is 0.0113. The molecule has 0 saturated heterocycles. The summed E-state index contributed by atoms with van der Waals surface area (Å²) in [6.07, 6.45) is 7.99. The van der Waals surface area contributed by atoms with Crippen molar-refractivity contribution in [2.75, 3.05) is 0 Å². The fraction of sp³-hybridized carbons (Fsp3) is 0.292. The summed E-state index contributed by atoms with van der Waals surface area (Å²) in [5.74, 6) is 1.22. The summed E-state index contributed by atoms with van der Waals surface area (Å²) in [6, 6.07) is 17.3. The van der Waals surface area contributed by atoms with E-state index < -0.39 is 0 Å². The number of tetrazole rings is 1. The Morgan fingerprint density at radius 2 is 1.84 bits per heavy atom. The molecular formula is C24H24N6OS. The summed E-state index contributed by atoms with van der Waals surface area (Å²) in [6.45, 7) is 0.633. The molecule has 2 aromatic carbocycles. The SMILES string of the molecule is O=c1c2ccccc2nc(SCc2nnnn2-c2ccccc2)n1CCC1=CCCCC1. The van der Waals surface area contributed by atoms with Crippen molar-refractivity contribution >= 4 is 22.7 Å². The number of allylic oxidation sites excluding steroid dienone is 2. The van der Waals surface area contributed by atoms with Crippen LogP contribution in [0.3, 0.4) is 0 Å². The molecule has 0 radical (unpaired) electrons. The third-order valence-electron chi connectivity index (χ3n) is 5.73. The number of nitrogens with zero attached hydrogens (tertiary/aromatic N) is 6. The molecule has 5 rings (SSSR count). The number of hydrogen-bond donors (Lipinski definition) is 0. The monoisotopic (exact) mass is 444 g/mol. The zero-order chi connectivity index (χ0) is 21.8. The van der Waals surface area contributed by atoms with Crippen LogP contribution in [-0.4, -0.2) is 29.8 Å². The van der Waals surface area contributed by atoms with Crippen LogP contribution >= 0.6 is 11.8 Å². The minimum Gasteiger partial charge on any atom is -0.287 e. The summed E-state index contributed by atoms with van der Waals surface area (Å²) >= 11 is 1.50. The summed E-state index contributed by atoms with van der Waals surface area (Å²) in [4.78, 5) is 18.1. The van der Waals surface area contributed by atoms with Crippen molar-refractivity contribution in [1.29, 1.82) is 0 Å². The number of fused-ring (bicyclic) bond motifs is 1. The maximum Gasteiger partial charge on any atom is 0.262 e. The molecule has 8 heteroatoms. The molecule has 0 spiro atoms. The summed E-state index contributed by atoms with van der Waals surface area (Å²) in [5.41, 5.74) is 3.08. The van der Waals surface area contributed by atoms with Crippen molar-refractivity contribution < 1.29 is 0 Å². The normalized spacial score (nSPS) is 13.9. The van der Waals surface area contributed by atoms with E-state index in [9.17, 15) is 4.79 Å². The quantitative estimate of drug-likeness (QED) is 0.236. The predicted octanol–water partition coefficient (Wildman–Crippen LogP) is 4.56. The Kier molecular flexibility index (Phi) is 6.11. The molecule has 32 heavy (non-hydrogen) atoms. The Labute approximate surface area is 190 Å². The molecule has 0 unspecified atom stereocenters. The molecule has 0 aliphatic heterocycles. The number of thioether (sulfide) groups is 1. The second-order valence-corrected chi connectivity index (χ2v) is 8.80. The largest absolute Gasteiger partial charge is 0.287 e. The molecule has 4 aromatic rings. The van der Waals surface area contributed by atoms with Crippen molar-refractivity contribution in [2.24, 2.45) is 0 Å². The zero-order valence-electron chi connectivity index (χ0n) is 17.7. The molecule has 162 valence electrons. The summed E-state index contributed by atoms with van der Waals surface area (Å²) < 4.78 is 3.54. The van der Waals surface area contributed by atoms with E-state index in [0.717, 1.165) is 30.5 Å². The van der Waals surface area contributed by atoms with E-state index in [1.165, 1.54) is 30.2 Å². The van der Waals surface area contributed by atoms with Gasteiger partial charge in [0.25, 0.3) is 5.56 Å². The number of rotatable bonds is 7. The topological polar surface area (TPSA) is 78.5 Å². The van der Waals surface area contributed by atoms with E-state index >= 15 is 0 Å². The minimum atomic E-state index is 0.0113. The molecule has 0 amide bonds. The predicted molar refractivity (Wildman–Crippen MR) is 126 cm³/mol. The van der Waals surface area contributed by atoms with Crippen LogP contribution < -0.4 is 5.56 Å². The molecular weight excluding hydrogens is 420 g/mol. The van der Waals surface area contributed by atoms with Crippen LogP contribution in [0, 0.1) is 0 Å². The van der Waals surface area contributed by atoms with Gasteiger partial charge in [0, 0.05) is 6.54 Å². The summed E-state index contributed by atoms with van der Waals surface area (Å²) in [5, 5.41) is 13.5. The van der Waals surface area contributed by atoms with Crippen molar-refractivity contribution in [2.45, 2.75) is 49.6 Å². The second-order valence-electron chi connectivity index (χ2n) is 7.86. The van der Waals surface area contributed by atoms with Crippen molar-refractivity contribution in [1.82, 2.24) is 29.8 Å². The molecule has 0 bridgehead atoms. The average Bonchev–Trinajstić information content (AvgIpc) is 3.32. The van der Waals surface area contributed by atoms with E-state index in [-0.39, 0.29) is 5.56 Å². The number of aromatic nitrogens is 6. The number of hydrogen-bond acceptors (Lipinski definition) is 6. The van der Waals surface area contributed by atoms with E-state index in [1.54, 1.807) is 4.68 Å². The third-order valence-corrected chi connectivity index (χ3v) is 6.71. The first-order valence-corrected chi connectivity index (χ1v) is 11.9. The standard InChI is InChI=1S/C24H24N6OS/c31-23-20-13-7-8-14-21(20)25-24(29(23)16-15-18-9-3-1-4-10-18)32-17-22-26-27-28-30(22)19-11-5-2-6-12-19/h2,5-9,11-14H,1,3-4,10,15-17H2. The van der Waals surface area contributed by atoms with Gasteiger partial charge in [0.2, 0.25) is 0 Å². The van der Waals surface area contributed by atoms with Crippen LogP contribution in [-0.2, 0) is 12.3 Å². The number of benzene rings is 2. The van der Waals surface area contributed by atoms with Crippen molar-refractivity contribution in [3.63, 3.8) is 0 Å². The molecule has 2 aromatic heterocycles. The fourth-order valence-corrected chi connectivity index (χ4v) is 4.97. The van der Waals surface area contributed by atoms with Gasteiger partial charge in [0.05, 0.1) is 22.3 Å². The van der Waals surface area contributed by atoms with Crippen LogP contribution in [0.5, 0.6) is 0 Å². The molecule has 7 nitrogen and oxygen atoms in total. The fourth-order valence-electron chi connectivity index (χ4n) is 4.04. The van der Waals surface area contributed by atoms with Gasteiger partial charge in [0.1, 0.15) is 0 Å². The Bertz CT molecular complexity index is 1310. The molecule has 1 aliphatic rings. The highest BCUT2D eigenvalue weighted by molar-refractivity contribution is 7.98. The third kappa shape index (κ3) is 4.36. The van der Waals surface area contributed by atoms with Gasteiger partial charge in [-0.25, -0.2) is 4.98 Å². The van der Waals surface area contributed by atoms with Crippen molar-refractivity contribution in [3.05, 3.63) is 82.4 Å². The Balaban J connectivity index is 1.45. The second kappa shape index (κ2) is 9.48. The van der Waals surface area contributed by atoms with E-state index in [1.807, 2.05) is 59.2 Å². The van der Waals surface area contributed by atoms with Gasteiger partial charge in [-0.15, -0.1) is 5.10 Å². The Hall–Kier alpha value is -3.26. The molecule has 0 N–H and O–H groups in total. The first-order chi connectivity index (χ1) is 15.8. The molecule has 0 saturated carbocycles. The van der Waals surface area contributed by atoms with Gasteiger partial charge >= 0.3 is 0 Å². The maximum atomic E-state index is 13.3. The van der Waals surface area contributed by atoms with Gasteiger partial charge in [-0.1, -0.05) is 53.7 Å². The smallest absolute Gasteiger partial charge is 0.262 e. The van der Waals surface area contributed by atoms with Crippen LogP contribution in [0.2, 0.25) is 0 Å². The van der Waals surface area contributed by atoms with Gasteiger partial charge in [-0.3, -0.25) is 9.36 Å². The van der Waals surface area contributed by atoms with Gasteiger partial charge < -0.3 is 0 Å². The van der Waals surface area contributed by atoms with Crippen LogP contribution in [0.1, 0.15) is 37.9 Å². The average molecular weight is 445 g/mol. The first-order valence-electron chi connectivity index (χ1n) is 10.9. The highest BCUT2D eigenvalue weighted by Gasteiger charge is 2.15. The molecule has 1 aliphatic carbocycles. The molecule has 0 fully saturated rings. The van der Waals surface area contributed by atoms with Crippen LogP contribution in [0.15, 0.2) is 76.2 Å². The lowest BCUT2D eigenvalue weighted by Gasteiger charge is -2.16. The lowest BCUT2D eigenvalue weighted by Crippen LogP contribution is -2.24. The lowest BCUT2D eigenvalue weighted by molar-refractivity contribution is 0.569. The first kappa shape index (κ1) is 20.6. The number of para-hydroxylation sites is 2.